The van der Waals surface area contributed by atoms with Crippen molar-refractivity contribution in [2.24, 2.45) is 0 Å². The van der Waals surface area contributed by atoms with Crippen LogP contribution in [0, 0.1) is 0 Å². The van der Waals surface area contributed by atoms with Crippen molar-refractivity contribution in [2.45, 2.75) is 0 Å². The van der Waals surface area contributed by atoms with Crippen LogP contribution in [0.15, 0.2) is 27.4 Å². The first-order chi connectivity index (χ1) is 6.79. The van der Waals surface area contributed by atoms with Gasteiger partial charge < -0.3 is 14.5 Å². The molecule has 0 fully saturated rings. The number of aldehydes is 1. The second kappa shape index (κ2) is 3.37. The van der Waals surface area contributed by atoms with Gasteiger partial charge >= 0.3 is 5.76 Å². The van der Waals surface area contributed by atoms with Crippen LogP contribution in [-0.4, -0.2) is 17.8 Å². The molecule has 1 heterocycles. The van der Waals surface area contributed by atoms with E-state index in [0.717, 1.165) is 12.0 Å². The van der Waals surface area contributed by atoms with E-state index in [1.807, 2.05) is 0 Å². The molecule has 72 valence electrons. The van der Waals surface area contributed by atoms with Crippen molar-refractivity contribution in [3.8, 4) is 0 Å². The number of anilines is 1. The molecule has 2 rings (SSSR count). The van der Waals surface area contributed by atoms with E-state index >= 15 is 0 Å². The van der Waals surface area contributed by atoms with Crippen molar-refractivity contribution in [2.75, 3.05) is 11.9 Å². The topological polar surface area (TPSA) is 75.1 Å². The van der Waals surface area contributed by atoms with Crippen molar-refractivity contribution in [1.82, 2.24) is 4.98 Å². The van der Waals surface area contributed by atoms with Gasteiger partial charge in [-0.25, -0.2) is 4.79 Å². The van der Waals surface area contributed by atoms with Gasteiger partial charge in [-0.3, -0.25) is 4.98 Å². The van der Waals surface area contributed by atoms with E-state index in [-0.39, 0.29) is 6.54 Å². The van der Waals surface area contributed by atoms with Gasteiger partial charge in [0.1, 0.15) is 6.29 Å². The summed E-state index contributed by atoms with van der Waals surface area (Å²) in [6, 6.07) is 5.14. The van der Waals surface area contributed by atoms with Crippen LogP contribution < -0.4 is 11.1 Å². The Hall–Kier alpha value is -2.04. The van der Waals surface area contributed by atoms with E-state index in [1.165, 1.54) is 0 Å². The number of nitrogens with one attached hydrogen (secondary N) is 2. The summed E-state index contributed by atoms with van der Waals surface area (Å²) in [4.78, 5) is 23.4. The standard InChI is InChI=1S/C9H8N2O3/c12-4-3-10-6-1-2-7-8(5-6)14-9(13)11-7/h1-2,4-5,10H,3H2,(H,11,13). The highest BCUT2D eigenvalue weighted by Crippen LogP contribution is 2.15. The number of aromatic nitrogens is 1. The van der Waals surface area contributed by atoms with Crippen molar-refractivity contribution >= 4 is 23.1 Å². The summed E-state index contributed by atoms with van der Waals surface area (Å²) in [6.07, 6.45) is 0.761. The summed E-state index contributed by atoms with van der Waals surface area (Å²) < 4.78 is 4.85. The number of hydrogen-bond donors (Lipinski definition) is 2. The molecule has 5 nitrogen and oxygen atoms in total. The predicted molar refractivity (Wildman–Crippen MR) is 51.4 cm³/mol. The van der Waals surface area contributed by atoms with Crippen molar-refractivity contribution < 1.29 is 9.21 Å². The molecule has 2 aromatic rings. The second-order valence-corrected chi connectivity index (χ2v) is 2.77. The summed E-state index contributed by atoms with van der Waals surface area (Å²) in [6.45, 7) is 0.236. The molecule has 14 heavy (non-hydrogen) atoms. The molecule has 0 saturated carbocycles. The average molecular weight is 192 g/mol. The van der Waals surface area contributed by atoms with Gasteiger partial charge in [0.2, 0.25) is 0 Å². The van der Waals surface area contributed by atoms with Crippen LogP contribution in [0.5, 0.6) is 0 Å². The molecule has 0 amide bonds. The highest BCUT2D eigenvalue weighted by Gasteiger charge is 2.00. The van der Waals surface area contributed by atoms with Crippen LogP contribution in [0.3, 0.4) is 0 Å². The average Bonchev–Trinajstić information content (AvgIpc) is 2.54. The van der Waals surface area contributed by atoms with Gasteiger partial charge in [0, 0.05) is 11.8 Å². The van der Waals surface area contributed by atoms with Crippen molar-refractivity contribution in [3.05, 3.63) is 28.7 Å². The lowest BCUT2D eigenvalue weighted by Crippen LogP contribution is -2.01. The Morgan fingerprint density at radius 3 is 3.14 bits per heavy atom. The lowest BCUT2D eigenvalue weighted by Gasteiger charge is -1.99. The van der Waals surface area contributed by atoms with Gasteiger partial charge in [0.15, 0.2) is 5.58 Å². The number of aromatic amines is 1. The normalized spacial score (nSPS) is 10.3. The molecule has 0 bridgehead atoms. The number of carbonyl (C=O) groups is 1. The maximum atomic E-state index is 10.8. The van der Waals surface area contributed by atoms with Crippen molar-refractivity contribution in [3.63, 3.8) is 0 Å². The van der Waals surface area contributed by atoms with E-state index in [9.17, 15) is 9.59 Å². The summed E-state index contributed by atoms with van der Waals surface area (Å²) >= 11 is 0. The first kappa shape index (κ1) is 8.55. The maximum absolute atomic E-state index is 10.8. The van der Waals surface area contributed by atoms with Crippen LogP contribution >= 0.6 is 0 Å². The number of benzene rings is 1. The predicted octanol–water partition coefficient (Wildman–Crippen LogP) is 0.732. The van der Waals surface area contributed by atoms with Gasteiger partial charge in [-0.05, 0) is 12.1 Å². The minimum atomic E-state index is -0.479. The van der Waals surface area contributed by atoms with Crippen LogP contribution in [0.1, 0.15) is 0 Å². The Labute approximate surface area is 78.7 Å². The van der Waals surface area contributed by atoms with Crippen molar-refractivity contribution in [1.29, 1.82) is 0 Å². The Morgan fingerprint density at radius 1 is 1.50 bits per heavy atom. The number of fused-ring (bicyclic) bond motifs is 1. The number of oxazole rings is 1. The summed E-state index contributed by atoms with van der Waals surface area (Å²) in [7, 11) is 0. The summed E-state index contributed by atoms with van der Waals surface area (Å²) in [5, 5.41) is 2.85. The molecule has 0 saturated heterocycles. The highest BCUT2D eigenvalue weighted by molar-refractivity contribution is 5.77. The Kier molecular flexibility index (Phi) is 2.06. The van der Waals surface area contributed by atoms with Crippen LogP contribution in [-0.2, 0) is 4.79 Å². The molecule has 0 unspecified atom stereocenters. The minimum Gasteiger partial charge on any atom is -0.408 e. The summed E-state index contributed by atoms with van der Waals surface area (Å²) in [5.74, 6) is -0.479. The smallest absolute Gasteiger partial charge is 0.408 e. The molecule has 0 spiro atoms. The molecule has 1 aromatic carbocycles. The first-order valence-electron chi connectivity index (χ1n) is 4.10. The number of carbonyl (C=O) groups excluding carboxylic acids is 1. The molecule has 2 N–H and O–H groups in total. The van der Waals surface area contributed by atoms with Gasteiger partial charge in [-0.2, -0.15) is 0 Å². The van der Waals surface area contributed by atoms with Gasteiger partial charge in [0.05, 0.1) is 12.1 Å². The van der Waals surface area contributed by atoms with Gasteiger partial charge in [-0.1, -0.05) is 0 Å². The lowest BCUT2D eigenvalue weighted by atomic mass is 10.3. The number of hydrogen-bond acceptors (Lipinski definition) is 4. The largest absolute Gasteiger partial charge is 0.417 e. The van der Waals surface area contributed by atoms with Crippen LogP contribution in [0.4, 0.5) is 5.69 Å². The Bertz CT molecular complexity index is 512. The van der Waals surface area contributed by atoms with E-state index in [0.29, 0.717) is 11.1 Å². The molecule has 0 aliphatic carbocycles. The molecule has 0 atom stereocenters. The SMILES string of the molecule is O=CCNc1ccc2[nH]c(=O)oc2c1. The highest BCUT2D eigenvalue weighted by atomic mass is 16.4. The van der Waals surface area contributed by atoms with E-state index in [4.69, 9.17) is 4.42 Å². The van der Waals surface area contributed by atoms with Gasteiger partial charge in [0.25, 0.3) is 0 Å². The number of H-pyrrole nitrogens is 1. The molecular formula is C9H8N2O3. The molecule has 0 aliphatic heterocycles. The fraction of sp³-hybridized carbons (Fsp3) is 0.111. The maximum Gasteiger partial charge on any atom is 0.417 e. The fourth-order valence-electron chi connectivity index (χ4n) is 1.21. The third kappa shape index (κ3) is 1.52. The zero-order valence-corrected chi connectivity index (χ0v) is 7.24. The molecular weight excluding hydrogens is 184 g/mol. The number of rotatable bonds is 3. The molecule has 1 aromatic heterocycles. The van der Waals surface area contributed by atoms with Crippen LogP contribution in [0.25, 0.3) is 11.1 Å². The lowest BCUT2D eigenvalue weighted by molar-refractivity contribution is -0.106. The molecule has 5 heteroatoms. The fourth-order valence-corrected chi connectivity index (χ4v) is 1.21. The quantitative estimate of drug-likeness (QED) is 0.703. The molecule has 0 radical (unpaired) electrons. The molecule has 0 aliphatic rings. The monoisotopic (exact) mass is 192 g/mol. The Morgan fingerprint density at radius 2 is 2.36 bits per heavy atom. The first-order valence-corrected chi connectivity index (χ1v) is 4.10. The van der Waals surface area contributed by atoms with Crippen LogP contribution in [0.2, 0.25) is 0 Å². The summed E-state index contributed by atoms with van der Waals surface area (Å²) in [5.41, 5.74) is 1.87. The Balaban J connectivity index is 2.40. The van der Waals surface area contributed by atoms with Gasteiger partial charge in [-0.15, -0.1) is 0 Å². The zero-order valence-electron chi connectivity index (χ0n) is 7.24. The zero-order chi connectivity index (χ0) is 9.97. The van der Waals surface area contributed by atoms with E-state index in [2.05, 4.69) is 10.3 Å². The third-order valence-corrected chi connectivity index (χ3v) is 1.81. The van der Waals surface area contributed by atoms with E-state index < -0.39 is 5.76 Å². The minimum absolute atomic E-state index is 0.236. The third-order valence-electron chi connectivity index (χ3n) is 1.81. The second-order valence-electron chi connectivity index (χ2n) is 2.77. The van der Waals surface area contributed by atoms with E-state index in [1.54, 1.807) is 18.2 Å².